The van der Waals surface area contributed by atoms with E-state index in [1.165, 1.54) is 18.2 Å². The van der Waals surface area contributed by atoms with Crippen molar-refractivity contribution < 1.29 is 18.0 Å². The molecule has 0 saturated carbocycles. The van der Waals surface area contributed by atoms with Crippen LogP contribution in [0.25, 0.3) is 0 Å². The topological polar surface area (TPSA) is 101 Å². The Morgan fingerprint density at radius 2 is 2.08 bits per heavy atom. The maximum absolute atomic E-state index is 12.8. The number of likely N-dealkylation sites (tertiary alicyclic amines) is 1. The largest absolute Gasteiger partial charge is 0.334 e. The predicted octanol–water partition coefficient (Wildman–Crippen LogP) is 0.804. The van der Waals surface area contributed by atoms with Gasteiger partial charge in [0.1, 0.15) is 4.90 Å². The molecule has 0 spiro atoms. The highest BCUT2D eigenvalue weighted by Gasteiger charge is 2.41. The van der Waals surface area contributed by atoms with Crippen LogP contribution in [0.15, 0.2) is 23.1 Å². The van der Waals surface area contributed by atoms with Gasteiger partial charge >= 0.3 is 0 Å². The summed E-state index contributed by atoms with van der Waals surface area (Å²) in [7, 11) is -3.86. The van der Waals surface area contributed by atoms with Crippen LogP contribution in [0.3, 0.4) is 0 Å². The summed E-state index contributed by atoms with van der Waals surface area (Å²) in [4.78, 5) is 26.6. The summed E-state index contributed by atoms with van der Waals surface area (Å²) in [5, 5.41) is 0. The van der Waals surface area contributed by atoms with Crippen LogP contribution in [0, 0.1) is 0 Å². The Kier molecular flexibility index (Phi) is 4.35. The zero-order valence-corrected chi connectivity index (χ0v) is 14.4. The van der Waals surface area contributed by atoms with Crippen LogP contribution in [0.1, 0.15) is 46.9 Å². The number of fused-ring (bicyclic) bond motifs is 1. The number of hydrogen-bond acceptors (Lipinski definition) is 5. The van der Waals surface area contributed by atoms with Crippen LogP contribution in [-0.4, -0.2) is 55.1 Å². The second kappa shape index (κ2) is 6.18. The van der Waals surface area contributed by atoms with Gasteiger partial charge in [0.2, 0.25) is 0 Å². The van der Waals surface area contributed by atoms with Gasteiger partial charge in [-0.15, -0.1) is 0 Å². The van der Waals surface area contributed by atoms with E-state index in [9.17, 15) is 18.0 Å². The molecule has 130 valence electrons. The first-order valence-electron chi connectivity index (χ1n) is 8.14. The number of amides is 2. The van der Waals surface area contributed by atoms with Crippen molar-refractivity contribution >= 4 is 21.8 Å². The van der Waals surface area contributed by atoms with E-state index in [1.807, 2.05) is 0 Å². The van der Waals surface area contributed by atoms with Gasteiger partial charge in [-0.3, -0.25) is 9.59 Å². The lowest BCUT2D eigenvalue weighted by Crippen LogP contribution is -2.47. The van der Waals surface area contributed by atoms with Gasteiger partial charge in [-0.25, -0.2) is 12.7 Å². The van der Waals surface area contributed by atoms with E-state index >= 15 is 0 Å². The van der Waals surface area contributed by atoms with Crippen molar-refractivity contribution in [2.45, 2.75) is 37.1 Å². The molecule has 7 nitrogen and oxygen atoms in total. The van der Waals surface area contributed by atoms with Gasteiger partial charge in [-0.05, 0) is 44.4 Å². The zero-order valence-electron chi connectivity index (χ0n) is 13.6. The van der Waals surface area contributed by atoms with Crippen molar-refractivity contribution in [3.05, 3.63) is 29.3 Å². The number of nitrogens with two attached hydrogens (primary N) is 1. The van der Waals surface area contributed by atoms with E-state index in [4.69, 9.17) is 5.73 Å². The van der Waals surface area contributed by atoms with Gasteiger partial charge in [0.25, 0.3) is 21.8 Å². The minimum Gasteiger partial charge on any atom is -0.334 e. The molecule has 0 aliphatic carbocycles. The molecule has 2 aliphatic rings. The fraction of sp³-hybridized carbons (Fsp3) is 0.500. The lowest BCUT2D eigenvalue weighted by Gasteiger charge is -2.35. The minimum atomic E-state index is -3.86. The predicted molar refractivity (Wildman–Crippen MR) is 88.1 cm³/mol. The fourth-order valence-electron chi connectivity index (χ4n) is 3.40. The monoisotopic (exact) mass is 351 g/mol. The third kappa shape index (κ3) is 2.50. The first-order valence-corrected chi connectivity index (χ1v) is 9.58. The number of rotatable bonds is 3. The summed E-state index contributed by atoms with van der Waals surface area (Å²) in [6.07, 6.45) is 2.80. The van der Waals surface area contributed by atoms with Gasteiger partial charge in [-0.2, -0.15) is 0 Å². The Bertz CT molecular complexity index is 791. The third-order valence-electron chi connectivity index (χ3n) is 4.70. The molecule has 2 aliphatic heterocycles. The second-order valence-electron chi connectivity index (χ2n) is 6.07. The Morgan fingerprint density at radius 3 is 2.75 bits per heavy atom. The smallest absolute Gasteiger partial charge is 0.268 e. The summed E-state index contributed by atoms with van der Waals surface area (Å²) in [6, 6.07) is 4.25. The Hall–Kier alpha value is -1.93. The molecule has 2 N–H and O–H groups in total. The molecule has 0 aromatic heterocycles. The maximum Gasteiger partial charge on any atom is 0.268 e. The van der Waals surface area contributed by atoms with Gasteiger partial charge in [0, 0.05) is 31.2 Å². The van der Waals surface area contributed by atoms with Crippen molar-refractivity contribution in [3.63, 3.8) is 0 Å². The van der Waals surface area contributed by atoms with Crippen LogP contribution in [0.2, 0.25) is 0 Å². The molecule has 1 fully saturated rings. The lowest BCUT2D eigenvalue weighted by atomic mass is 10.0. The van der Waals surface area contributed by atoms with Crippen molar-refractivity contribution in [2.75, 3.05) is 19.6 Å². The number of carbonyl (C=O) groups excluding carboxylic acids is 2. The number of piperidine rings is 1. The van der Waals surface area contributed by atoms with E-state index in [2.05, 4.69) is 0 Å². The van der Waals surface area contributed by atoms with Crippen molar-refractivity contribution in [1.82, 2.24) is 9.21 Å². The molecule has 8 heteroatoms. The highest BCUT2D eigenvalue weighted by Crippen LogP contribution is 2.31. The number of hydrogen-bond donors (Lipinski definition) is 1. The summed E-state index contributed by atoms with van der Waals surface area (Å²) in [6.45, 7) is 2.68. The second-order valence-corrected chi connectivity index (χ2v) is 7.90. The Balaban J connectivity index is 1.98. The Morgan fingerprint density at radius 1 is 1.33 bits per heavy atom. The van der Waals surface area contributed by atoms with E-state index in [-0.39, 0.29) is 34.5 Å². The molecule has 24 heavy (non-hydrogen) atoms. The zero-order chi connectivity index (χ0) is 17.5. The van der Waals surface area contributed by atoms with Crippen molar-refractivity contribution in [2.24, 2.45) is 5.73 Å². The summed E-state index contributed by atoms with van der Waals surface area (Å²) >= 11 is 0. The van der Waals surface area contributed by atoms with Gasteiger partial charge < -0.3 is 10.6 Å². The highest BCUT2D eigenvalue weighted by molar-refractivity contribution is 7.90. The van der Waals surface area contributed by atoms with E-state index in [0.717, 1.165) is 23.6 Å². The van der Waals surface area contributed by atoms with Gasteiger partial charge in [-0.1, -0.05) is 0 Å². The molecule has 0 radical (unpaired) electrons. The van der Waals surface area contributed by atoms with Crippen molar-refractivity contribution in [1.29, 1.82) is 0 Å². The molecule has 0 bridgehead atoms. The third-order valence-corrected chi connectivity index (χ3v) is 6.60. The number of benzene rings is 1. The standard InChI is InChI=1S/C16H21N3O4S/c1-2-19-16(21)13-7-6-11(9-14(13)24(19,22)23)15(20)18-8-4-3-5-12(18)10-17/h6-7,9,12H,2-5,8,10,17H2,1H3. The van der Waals surface area contributed by atoms with Crippen LogP contribution in [0.5, 0.6) is 0 Å². The van der Waals surface area contributed by atoms with E-state index in [1.54, 1.807) is 11.8 Å². The summed E-state index contributed by atoms with van der Waals surface area (Å²) in [5.41, 5.74) is 6.16. The van der Waals surface area contributed by atoms with E-state index < -0.39 is 15.9 Å². The van der Waals surface area contributed by atoms with Crippen molar-refractivity contribution in [3.8, 4) is 0 Å². The molecule has 1 aromatic carbocycles. The molecule has 1 atom stereocenters. The highest BCUT2D eigenvalue weighted by atomic mass is 32.2. The number of sulfonamides is 1. The van der Waals surface area contributed by atoms with Crippen LogP contribution >= 0.6 is 0 Å². The lowest BCUT2D eigenvalue weighted by molar-refractivity contribution is 0.0622. The molecule has 2 amide bonds. The molecule has 2 heterocycles. The molecular weight excluding hydrogens is 330 g/mol. The molecule has 1 aromatic rings. The minimum absolute atomic E-state index is 0.0233. The van der Waals surface area contributed by atoms with Crippen LogP contribution < -0.4 is 5.73 Å². The normalized spacial score (nSPS) is 22.6. The summed E-state index contributed by atoms with van der Waals surface area (Å²) < 4.78 is 25.7. The first kappa shape index (κ1) is 16.9. The van der Waals surface area contributed by atoms with E-state index in [0.29, 0.717) is 13.1 Å². The Labute approximate surface area is 141 Å². The molecule has 1 saturated heterocycles. The quantitative estimate of drug-likeness (QED) is 0.868. The number of nitrogens with zero attached hydrogens (tertiary/aromatic N) is 2. The average Bonchev–Trinajstić information content (AvgIpc) is 2.79. The van der Waals surface area contributed by atoms with Crippen LogP contribution in [0.4, 0.5) is 0 Å². The summed E-state index contributed by atoms with van der Waals surface area (Å²) in [5.74, 6) is -0.769. The molecular formula is C16H21N3O4S. The molecule has 3 rings (SSSR count). The average molecular weight is 351 g/mol. The maximum atomic E-state index is 12.8. The first-order chi connectivity index (χ1) is 11.4. The molecule has 1 unspecified atom stereocenters. The van der Waals surface area contributed by atoms with Gasteiger partial charge in [0.15, 0.2) is 0 Å². The SMILES string of the molecule is CCN1C(=O)c2ccc(C(=O)N3CCCCC3CN)cc2S1(=O)=O. The fourth-order valence-corrected chi connectivity index (χ4v) is 5.00. The van der Waals surface area contributed by atoms with Crippen LogP contribution in [-0.2, 0) is 10.0 Å². The number of carbonyl (C=O) groups is 2. The van der Waals surface area contributed by atoms with Gasteiger partial charge in [0.05, 0.1) is 5.56 Å².